The first kappa shape index (κ1) is 15.4. The van der Waals surface area contributed by atoms with E-state index in [0.29, 0.717) is 0 Å². The van der Waals surface area contributed by atoms with Crippen molar-refractivity contribution in [2.24, 2.45) is 0 Å². The van der Waals surface area contributed by atoms with Crippen molar-refractivity contribution < 1.29 is 0 Å². The number of terminal acetylenes is 1. The van der Waals surface area contributed by atoms with Crippen molar-refractivity contribution in [2.75, 3.05) is 0 Å². The maximum atomic E-state index is 5.64. The van der Waals surface area contributed by atoms with Crippen LogP contribution in [0.2, 0.25) is 0 Å². The normalized spacial score (nSPS) is 13.4. The molecule has 0 aliphatic heterocycles. The third-order valence-corrected chi connectivity index (χ3v) is 3.86. The second-order valence-corrected chi connectivity index (χ2v) is 5.50. The SMILES string of the molecule is C#CC(CC)NC(c1ccccc1)c1cc(C)ccc1C. The Morgan fingerprint density at radius 3 is 2.43 bits per heavy atom. The van der Waals surface area contributed by atoms with Gasteiger partial charge in [-0.1, -0.05) is 66.9 Å². The summed E-state index contributed by atoms with van der Waals surface area (Å²) in [5.74, 6) is 2.84. The van der Waals surface area contributed by atoms with Crippen LogP contribution in [0.15, 0.2) is 48.5 Å². The third-order valence-electron chi connectivity index (χ3n) is 3.86. The maximum Gasteiger partial charge on any atom is 0.0691 e. The molecule has 21 heavy (non-hydrogen) atoms. The Morgan fingerprint density at radius 1 is 1.10 bits per heavy atom. The summed E-state index contributed by atoms with van der Waals surface area (Å²) >= 11 is 0. The van der Waals surface area contributed by atoms with Gasteiger partial charge in [0, 0.05) is 0 Å². The molecular weight excluding hydrogens is 254 g/mol. The van der Waals surface area contributed by atoms with Gasteiger partial charge in [-0.15, -0.1) is 6.42 Å². The molecule has 108 valence electrons. The molecule has 0 aliphatic rings. The van der Waals surface area contributed by atoms with E-state index in [-0.39, 0.29) is 12.1 Å². The fraction of sp³-hybridized carbons (Fsp3) is 0.300. The lowest BCUT2D eigenvalue weighted by Crippen LogP contribution is -2.32. The van der Waals surface area contributed by atoms with Gasteiger partial charge >= 0.3 is 0 Å². The van der Waals surface area contributed by atoms with E-state index in [0.717, 1.165) is 6.42 Å². The summed E-state index contributed by atoms with van der Waals surface area (Å²) in [5.41, 5.74) is 5.11. The van der Waals surface area contributed by atoms with E-state index < -0.39 is 0 Å². The van der Waals surface area contributed by atoms with Crippen LogP contribution < -0.4 is 5.32 Å². The molecule has 2 rings (SSSR count). The Hall–Kier alpha value is -2.04. The van der Waals surface area contributed by atoms with Crippen LogP contribution in [0.25, 0.3) is 0 Å². The second-order valence-electron chi connectivity index (χ2n) is 5.50. The zero-order valence-corrected chi connectivity index (χ0v) is 13.1. The van der Waals surface area contributed by atoms with Gasteiger partial charge in [-0.25, -0.2) is 0 Å². The highest BCUT2D eigenvalue weighted by atomic mass is 14.9. The number of benzene rings is 2. The first-order valence-electron chi connectivity index (χ1n) is 7.50. The van der Waals surface area contributed by atoms with Gasteiger partial charge in [-0.3, -0.25) is 5.32 Å². The number of aryl methyl sites for hydroxylation is 2. The van der Waals surface area contributed by atoms with Gasteiger partial charge in [0.2, 0.25) is 0 Å². The molecule has 0 amide bonds. The van der Waals surface area contributed by atoms with Crippen LogP contribution in [0, 0.1) is 26.2 Å². The molecule has 0 saturated carbocycles. The third kappa shape index (κ3) is 3.74. The lowest BCUT2D eigenvalue weighted by molar-refractivity contribution is 0.532. The Kier molecular flexibility index (Phi) is 5.20. The highest BCUT2D eigenvalue weighted by molar-refractivity contribution is 5.39. The molecule has 0 saturated heterocycles. The molecule has 1 N–H and O–H groups in total. The van der Waals surface area contributed by atoms with Gasteiger partial charge < -0.3 is 0 Å². The molecule has 1 nitrogen and oxygen atoms in total. The minimum absolute atomic E-state index is 0.0788. The van der Waals surface area contributed by atoms with E-state index in [1.807, 2.05) is 6.07 Å². The minimum atomic E-state index is 0.0788. The first-order chi connectivity index (χ1) is 10.2. The zero-order chi connectivity index (χ0) is 15.2. The van der Waals surface area contributed by atoms with E-state index in [2.05, 4.69) is 74.5 Å². The van der Waals surface area contributed by atoms with Crippen molar-refractivity contribution in [1.82, 2.24) is 5.32 Å². The molecule has 0 radical (unpaired) electrons. The molecule has 0 bridgehead atoms. The highest BCUT2D eigenvalue weighted by Gasteiger charge is 2.18. The fourth-order valence-corrected chi connectivity index (χ4v) is 2.57. The molecule has 1 heteroatoms. The highest BCUT2D eigenvalue weighted by Crippen LogP contribution is 2.26. The fourth-order valence-electron chi connectivity index (χ4n) is 2.57. The summed E-state index contributed by atoms with van der Waals surface area (Å²) in [6.07, 6.45) is 6.56. The Morgan fingerprint density at radius 2 is 1.81 bits per heavy atom. The average Bonchev–Trinajstić information content (AvgIpc) is 2.52. The molecule has 2 atom stereocenters. The summed E-state index contributed by atoms with van der Waals surface area (Å²) in [4.78, 5) is 0. The molecule has 0 heterocycles. The summed E-state index contributed by atoms with van der Waals surface area (Å²) in [7, 11) is 0. The van der Waals surface area contributed by atoms with E-state index in [1.54, 1.807) is 0 Å². The number of nitrogens with one attached hydrogen (secondary N) is 1. The van der Waals surface area contributed by atoms with Gasteiger partial charge in [0.05, 0.1) is 12.1 Å². The van der Waals surface area contributed by atoms with E-state index in [1.165, 1.54) is 22.3 Å². The summed E-state index contributed by atoms with van der Waals surface area (Å²) < 4.78 is 0. The first-order valence-corrected chi connectivity index (χ1v) is 7.50. The standard InChI is InChI=1S/C20H23N/c1-5-18(6-2)21-20(17-10-8-7-9-11-17)19-14-15(3)12-13-16(19)4/h1,7-14,18,20-21H,6H2,2-4H3. The van der Waals surface area contributed by atoms with Crippen molar-refractivity contribution in [1.29, 1.82) is 0 Å². The molecule has 2 aromatic carbocycles. The molecule has 0 aromatic heterocycles. The van der Waals surface area contributed by atoms with Crippen LogP contribution in [0.1, 0.15) is 41.6 Å². The Bertz CT molecular complexity index is 622. The van der Waals surface area contributed by atoms with Crippen LogP contribution in [-0.4, -0.2) is 6.04 Å². The predicted molar refractivity (Wildman–Crippen MR) is 90.2 cm³/mol. The van der Waals surface area contributed by atoms with Crippen LogP contribution in [0.5, 0.6) is 0 Å². The van der Waals surface area contributed by atoms with Crippen LogP contribution in [0.3, 0.4) is 0 Å². The summed E-state index contributed by atoms with van der Waals surface area (Å²) in [6, 6.07) is 17.3. The van der Waals surface area contributed by atoms with E-state index >= 15 is 0 Å². The number of rotatable bonds is 5. The molecule has 0 spiro atoms. The summed E-state index contributed by atoms with van der Waals surface area (Å²) in [5, 5.41) is 3.62. The second kappa shape index (κ2) is 7.11. The van der Waals surface area contributed by atoms with Crippen molar-refractivity contribution in [2.45, 2.75) is 39.3 Å². The summed E-state index contributed by atoms with van der Waals surface area (Å²) in [6.45, 7) is 6.40. The lowest BCUT2D eigenvalue weighted by Gasteiger charge is -2.25. The average molecular weight is 277 g/mol. The molecule has 0 fully saturated rings. The van der Waals surface area contributed by atoms with Crippen LogP contribution >= 0.6 is 0 Å². The number of hydrogen-bond acceptors (Lipinski definition) is 1. The molecule has 2 unspecified atom stereocenters. The largest absolute Gasteiger partial charge is 0.293 e. The van der Waals surface area contributed by atoms with Gasteiger partial charge in [-0.05, 0) is 37.0 Å². The van der Waals surface area contributed by atoms with Gasteiger partial charge in [0.25, 0.3) is 0 Å². The molecule has 0 aliphatic carbocycles. The maximum absolute atomic E-state index is 5.64. The topological polar surface area (TPSA) is 12.0 Å². The molecule has 2 aromatic rings. The van der Waals surface area contributed by atoms with Gasteiger partial charge in [-0.2, -0.15) is 0 Å². The van der Waals surface area contributed by atoms with Gasteiger partial charge in [0.15, 0.2) is 0 Å². The van der Waals surface area contributed by atoms with Gasteiger partial charge in [0.1, 0.15) is 0 Å². The minimum Gasteiger partial charge on any atom is -0.293 e. The quantitative estimate of drug-likeness (QED) is 0.799. The van der Waals surface area contributed by atoms with Crippen LogP contribution in [-0.2, 0) is 0 Å². The number of hydrogen-bond donors (Lipinski definition) is 1. The van der Waals surface area contributed by atoms with Crippen molar-refractivity contribution >= 4 is 0 Å². The van der Waals surface area contributed by atoms with Crippen molar-refractivity contribution in [3.05, 3.63) is 70.8 Å². The van der Waals surface area contributed by atoms with E-state index in [9.17, 15) is 0 Å². The van der Waals surface area contributed by atoms with Crippen LogP contribution in [0.4, 0.5) is 0 Å². The van der Waals surface area contributed by atoms with Crippen molar-refractivity contribution in [3.63, 3.8) is 0 Å². The molecular formula is C20H23N. The predicted octanol–water partition coefficient (Wildman–Crippen LogP) is 4.39. The lowest BCUT2D eigenvalue weighted by atomic mass is 9.92. The van der Waals surface area contributed by atoms with Crippen molar-refractivity contribution in [3.8, 4) is 12.3 Å². The monoisotopic (exact) mass is 277 g/mol. The van der Waals surface area contributed by atoms with E-state index in [4.69, 9.17) is 6.42 Å². The Balaban J connectivity index is 2.45. The Labute approximate surface area is 128 Å². The smallest absolute Gasteiger partial charge is 0.0691 e. The zero-order valence-electron chi connectivity index (χ0n) is 13.1.